The fourth-order valence-electron chi connectivity index (χ4n) is 2.89. The second-order valence-electron chi connectivity index (χ2n) is 5.98. The highest BCUT2D eigenvalue weighted by Gasteiger charge is 2.14. The highest BCUT2D eigenvalue weighted by molar-refractivity contribution is 6.06. The highest BCUT2D eigenvalue weighted by atomic mass is 16.1. The van der Waals surface area contributed by atoms with E-state index in [1.165, 1.54) is 0 Å². The van der Waals surface area contributed by atoms with Crippen LogP contribution in [0.4, 0.5) is 0 Å². The third-order valence-corrected chi connectivity index (χ3v) is 4.22. The van der Waals surface area contributed by atoms with Crippen LogP contribution in [-0.2, 0) is 6.54 Å². The molecule has 0 fully saturated rings. The molecular formula is C22H17N3O. The molecule has 0 spiro atoms. The van der Waals surface area contributed by atoms with E-state index in [0.717, 1.165) is 27.7 Å². The zero-order valence-electron chi connectivity index (χ0n) is 14.1. The van der Waals surface area contributed by atoms with Gasteiger partial charge in [-0.3, -0.25) is 9.78 Å². The molecule has 1 amide bonds. The van der Waals surface area contributed by atoms with Crippen molar-refractivity contribution < 1.29 is 4.79 Å². The summed E-state index contributed by atoms with van der Waals surface area (Å²) in [6.45, 7) is 0.477. The van der Waals surface area contributed by atoms with Crippen LogP contribution in [0.25, 0.3) is 22.2 Å². The molecule has 1 N–H and O–H groups in total. The molecule has 2 aromatic carbocycles. The first kappa shape index (κ1) is 16.0. The summed E-state index contributed by atoms with van der Waals surface area (Å²) < 4.78 is 0. The van der Waals surface area contributed by atoms with Gasteiger partial charge in [-0.15, -0.1) is 0 Å². The fraction of sp³-hybridized carbons (Fsp3) is 0.0455. The molecule has 4 heteroatoms. The SMILES string of the molecule is O=C(NCc1ccccc1)c1cc(-c2ccccc2)nc2ccncc12. The maximum atomic E-state index is 12.8. The van der Waals surface area contributed by atoms with Gasteiger partial charge in [0, 0.05) is 29.9 Å². The Morgan fingerprint density at radius 1 is 0.923 bits per heavy atom. The normalized spacial score (nSPS) is 10.6. The number of carbonyl (C=O) groups excluding carboxylic acids is 1. The summed E-state index contributed by atoms with van der Waals surface area (Å²) in [5, 5.41) is 3.74. The van der Waals surface area contributed by atoms with Crippen LogP contribution in [0, 0.1) is 0 Å². The Bertz CT molecular complexity index is 1050. The van der Waals surface area contributed by atoms with Gasteiger partial charge in [0.15, 0.2) is 0 Å². The van der Waals surface area contributed by atoms with Gasteiger partial charge >= 0.3 is 0 Å². The van der Waals surface area contributed by atoms with Gasteiger partial charge in [0.2, 0.25) is 0 Å². The minimum Gasteiger partial charge on any atom is -0.348 e. The molecule has 0 atom stereocenters. The van der Waals surface area contributed by atoms with Crippen LogP contribution >= 0.6 is 0 Å². The Morgan fingerprint density at radius 3 is 2.42 bits per heavy atom. The molecule has 0 saturated heterocycles. The molecule has 4 nitrogen and oxygen atoms in total. The van der Waals surface area contributed by atoms with Crippen molar-refractivity contribution in [2.24, 2.45) is 0 Å². The molecule has 0 bridgehead atoms. The average molecular weight is 339 g/mol. The van der Waals surface area contributed by atoms with Crippen molar-refractivity contribution in [1.82, 2.24) is 15.3 Å². The second-order valence-corrected chi connectivity index (χ2v) is 5.98. The molecule has 0 aliphatic heterocycles. The first-order chi connectivity index (χ1) is 12.8. The number of amides is 1. The van der Waals surface area contributed by atoms with E-state index in [1.807, 2.05) is 72.8 Å². The molecule has 2 aromatic heterocycles. The lowest BCUT2D eigenvalue weighted by Gasteiger charge is -2.10. The zero-order chi connectivity index (χ0) is 17.8. The Balaban J connectivity index is 1.72. The van der Waals surface area contributed by atoms with Gasteiger partial charge in [0.1, 0.15) is 0 Å². The van der Waals surface area contributed by atoms with Crippen molar-refractivity contribution in [1.29, 1.82) is 0 Å². The van der Waals surface area contributed by atoms with E-state index < -0.39 is 0 Å². The van der Waals surface area contributed by atoms with Crippen LogP contribution in [-0.4, -0.2) is 15.9 Å². The summed E-state index contributed by atoms with van der Waals surface area (Å²) in [6.07, 6.45) is 3.38. The first-order valence-electron chi connectivity index (χ1n) is 8.43. The smallest absolute Gasteiger partial charge is 0.252 e. The Kier molecular flexibility index (Phi) is 4.39. The molecule has 0 radical (unpaired) electrons. The lowest BCUT2D eigenvalue weighted by atomic mass is 10.0. The quantitative estimate of drug-likeness (QED) is 0.605. The lowest BCUT2D eigenvalue weighted by molar-refractivity contribution is 0.0952. The number of fused-ring (bicyclic) bond motifs is 1. The van der Waals surface area contributed by atoms with Gasteiger partial charge in [-0.2, -0.15) is 0 Å². The van der Waals surface area contributed by atoms with Crippen molar-refractivity contribution in [3.63, 3.8) is 0 Å². The summed E-state index contributed by atoms with van der Waals surface area (Å²) in [7, 11) is 0. The lowest BCUT2D eigenvalue weighted by Crippen LogP contribution is -2.23. The van der Waals surface area contributed by atoms with Crippen LogP contribution in [0.15, 0.2) is 85.2 Å². The number of hydrogen-bond acceptors (Lipinski definition) is 3. The Hall–Kier alpha value is -3.53. The number of nitrogens with one attached hydrogen (secondary N) is 1. The molecule has 4 rings (SSSR count). The number of aromatic nitrogens is 2. The largest absolute Gasteiger partial charge is 0.348 e. The summed E-state index contributed by atoms with van der Waals surface area (Å²) in [5.41, 5.74) is 4.14. The van der Waals surface area contributed by atoms with Crippen molar-refractivity contribution in [3.8, 4) is 11.3 Å². The van der Waals surface area contributed by atoms with E-state index in [4.69, 9.17) is 0 Å². The average Bonchev–Trinajstić information content (AvgIpc) is 2.72. The van der Waals surface area contributed by atoms with Gasteiger partial charge < -0.3 is 5.32 Å². The Morgan fingerprint density at radius 2 is 1.65 bits per heavy atom. The monoisotopic (exact) mass is 339 g/mol. The minimum absolute atomic E-state index is 0.133. The van der Waals surface area contributed by atoms with Gasteiger partial charge in [0.05, 0.1) is 16.8 Å². The van der Waals surface area contributed by atoms with Crippen LogP contribution in [0.5, 0.6) is 0 Å². The molecule has 0 unspecified atom stereocenters. The van der Waals surface area contributed by atoms with Crippen LogP contribution in [0.1, 0.15) is 15.9 Å². The predicted molar refractivity (Wildman–Crippen MR) is 103 cm³/mol. The number of benzene rings is 2. The molecule has 2 heterocycles. The first-order valence-corrected chi connectivity index (χ1v) is 8.43. The summed E-state index contributed by atoms with van der Waals surface area (Å²) in [5.74, 6) is -0.133. The predicted octanol–water partition coefficient (Wildman–Crippen LogP) is 4.23. The molecule has 0 aliphatic carbocycles. The van der Waals surface area contributed by atoms with Gasteiger partial charge in [-0.25, -0.2) is 4.98 Å². The van der Waals surface area contributed by atoms with E-state index in [1.54, 1.807) is 12.4 Å². The molecule has 126 valence electrons. The molecule has 4 aromatic rings. The standard InChI is InChI=1S/C22H17N3O/c26-22(24-14-16-7-3-1-4-8-16)18-13-21(17-9-5-2-6-10-17)25-20-11-12-23-15-19(18)20/h1-13,15H,14H2,(H,24,26). The third kappa shape index (κ3) is 3.30. The van der Waals surface area contributed by atoms with Crippen LogP contribution < -0.4 is 5.32 Å². The number of hydrogen-bond donors (Lipinski definition) is 1. The zero-order valence-corrected chi connectivity index (χ0v) is 14.1. The number of pyridine rings is 2. The topological polar surface area (TPSA) is 54.9 Å². The van der Waals surface area contributed by atoms with E-state index >= 15 is 0 Å². The summed E-state index contributed by atoms with van der Waals surface area (Å²) in [4.78, 5) is 21.7. The Labute approximate surface area is 151 Å². The van der Waals surface area contributed by atoms with Gasteiger partial charge in [-0.1, -0.05) is 60.7 Å². The molecular weight excluding hydrogens is 322 g/mol. The van der Waals surface area contributed by atoms with Crippen LogP contribution in [0.2, 0.25) is 0 Å². The maximum absolute atomic E-state index is 12.8. The van der Waals surface area contributed by atoms with E-state index in [9.17, 15) is 4.79 Å². The molecule has 0 saturated carbocycles. The molecule has 26 heavy (non-hydrogen) atoms. The third-order valence-electron chi connectivity index (χ3n) is 4.22. The minimum atomic E-state index is -0.133. The van der Waals surface area contributed by atoms with E-state index in [0.29, 0.717) is 12.1 Å². The van der Waals surface area contributed by atoms with Crippen molar-refractivity contribution in [2.75, 3.05) is 0 Å². The second kappa shape index (κ2) is 7.15. The number of carbonyl (C=O) groups is 1. The van der Waals surface area contributed by atoms with Crippen molar-refractivity contribution in [2.45, 2.75) is 6.54 Å². The fourth-order valence-corrected chi connectivity index (χ4v) is 2.89. The van der Waals surface area contributed by atoms with Crippen molar-refractivity contribution >= 4 is 16.8 Å². The molecule has 0 aliphatic rings. The summed E-state index contributed by atoms with van der Waals surface area (Å²) in [6, 6.07) is 23.4. The van der Waals surface area contributed by atoms with Gasteiger partial charge in [0.25, 0.3) is 5.91 Å². The number of nitrogens with zero attached hydrogens (tertiary/aromatic N) is 2. The van der Waals surface area contributed by atoms with Crippen molar-refractivity contribution in [3.05, 3.63) is 96.3 Å². The highest BCUT2D eigenvalue weighted by Crippen LogP contribution is 2.24. The maximum Gasteiger partial charge on any atom is 0.252 e. The van der Waals surface area contributed by atoms with E-state index in [2.05, 4.69) is 15.3 Å². The van der Waals surface area contributed by atoms with Crippen LogP contribution in [0.3, 0.4) is 0 Å². The summed E-state index contributed by atoms with van der Waals surface area (Å²) >= 11 is 0. The van der Waals surface area contributed by atoms with E-state index in [-0.39, 0.29) is 5.91 Å². The van der Waals surface area contributed by atoms with Gasteiger partial charge in [-0.05, 0) is 17.7 Å². The number of rotatable bonds is 4.